The zero-order valence-corrected chi connectivity index (χ0v) is 16.9. The number of hydrogen-bond acceptors (Lipinski definition) is 7. The first-order valence-electron chi connectivity index (χ1n) is 8.72. The Morgan fingerprint density at radius 1 is 1.11 bits per heavy atom. The summed E-state index contributed by atoms with van der Waals surface area (Å²) < 4.78 is 15.9. The Kier molecular flexibility index (Phi) is 8.06. The average Bonchev–Trinajstić information content (AvgIpc) is 3.12. The van der Waals surface area contributed by atoms with Gasteiger partial charge in [-0.15, -0.1) is 10.2 Å². The van der Waals surface area contributed by atoms with Gasteiger partial charge in [0.25, 0.3) is 0 Å². The Balaban J connectivity index is 2.02. The molecule has 0 saturated carbocycles. The van der Waals surface area contributed by atoms with Crippen molar-refractivity contribution in [3.63, 3.8) is 0 Å². The third-order valence-corrected chi connectivity index (χ3v) is 4.70. The average molecular weight is 391 g/mol. The maximum Gasteiger partial charge on any atom is 0.250 e. The van der Waals surface area contributed by atoms with Crippen LogP contribution >= 0.6 is 11.3 Å². The molecule has 0 bridgehead atoms. The molecule has 1 heterocycles. The van der Waals surface area contributed by atoms with Crippen LogP contribution in [0.5, 0.6) is 17.2 Å². The molecule has 0 atom stereocenters. The SMILES string of the molecule is CCCCCc1nnc(NC(=O)C=Cc2cc(OC)c(OC)c(OC)c2)s1. The van der Waals surface area contributed by atoms with Crippen LogP contribution in [0.4, 0.5) is 5.13 Å². The number of nitrogens with one attached hydrogen (secondary N) is 1. The van der Waals surface area contributed by atoms with E-state index >= 15 is 0 Å². The van der Waals surface area contributed by atoms with Crippen molar-refractivity contribution >= 4 is 28.5 Å². The number of rotatable bonds is 10. The number of anilines is 1. The summed E-state index contributed by atoms with van der Waals surface area (Å²) in [5.41, 5.74) is 0.747. The molecule has 1 aromatic carbocycles. The molecule has 1 aromatic heterocycles. The molecule has 0 aliphatic rings. The van der Waals surface area contributed by atoms with Crippen LogP contribution in [0.3, 0.4) is 0 Å². The lowest BCUT2D eigenvalue weighted by atomic mass is 10.1. The van der Waals surface area contributed by atoms with Crippen LogP contribution < -0.4 is 19.5 Å². The number of carbonyl (C=O) groups excluding carboxylic acids is 1. The Morgan fingerprint density at radius 3 is 2.41 bits per heavy atom. The van der Waals surface area contributed by atoms with E-state index in [4.69, 9.17) is 14.2 Å². The summed E-state index contributed by atoms with van der Waals surface area (Å²) in [4.78, 5) is 12.1. The second-order valence-electron chi connectivity index (χ2n) is 5.74. The van der Waals surface area contributed by atoms with Crippen LogP contribution in [0.25, 0.3) is 6.08 Å². The van der Waals surface area contributed by atoms with E-state index in [0.29, 0.717) is 22.4 Å². The molecule has 27 heavy (non-hydrogen) atoms. The van der Waals surface area contributed by atoms with E-state index in [1.54, 1.807) is 39.5 Å². The monoisotopic (exact) mass is 391 g/mol. The quantitative estimate of drug-likeness (QED) is 0.488. The van der Waals surface area contributed by atoms with E-state index in [1.807, 2.05) is 0 Å². The fourth-order valence-electron chi connectivity index (χ4n) is 2.45. The molecule has 0 spiro atoms. The molecule has 0 saturated heterocycles. The first-order valence-corrected chi connectivity index (χ1v) is 9.54. The fourth-order valence-corrected chi connectivity index (χ4v) is 3.23. The summed E-state index contributed by atoms with van der Waals surface area (Å²) in [7, 11) is 4.64. The van der Waals surface area contributed by atoms with Gasteiger partial charge in [-0.1, -0.05) is 31.1 Å². The lowest BCUT2D eigenvalue weighted by molar-refractivity contribution is -0.111. The van der Waals surface area contributed by atoms with E-state index in [9.17, 15) is 4.79 Å². The third-order valence-electron chi connectivity index (χ3n) is 3.81. The Hall–Kier alpha value is -2.61. The van der Waals surface area contributed by atoms with Crippen LogP contribution in [0.1, 0.15) is 36.8 Å². The number of nitrogens with zero attached hydrogens (tertiary/aromatic N) is 2. The van der Waals surface area contributed by atoms with Crippen molar-refractivity contribution in [3.8, 4) is 17.2 Å². The standard InChI is InChI=1S/C19H25N3O4S/c1-5-6-7-8-17-21-22-19(27-17)20-16(23)10-9-13-11-14(24-2)18(26-4)15(12-13)25-3/h9-12H,5-8H2,1-4H3,(H,20,22,23). The van der Waals surface area contributed by atoms with Crippen molar-refractivity contribution in [3.05, 3.63) is 28.8 Å². The maximum absolute atomic E-state index is 12.1. The minimum atomic E-state index is -0.278. The minimum Gasteiger partial charge on any atom is -0.493 e. The number of amides is 1. The van der Waals surface area contributed by atoms with Gasteiger partial charge in [-0.05, 0) is 30.2 Å². The molecule has 7 nitrogen and oxygen atoms in total. The van der Waals surface area contributed by atoms with Gasteiger partial charge in [0.2, 0.25) is 16.8 Å². The van der Waals surface area contributed by atoms with Crippen molar-refractivity contribution in [1.29, 1.82) is 0 Å². The molecule has 146 valence electrons. The first-order chi connectivity index (χ1) is 13.1. The summed E-state index contributed by atoms with van der Waals surface area (Å²) in [6.07, 6.45) is 7.40. The number of benzene rings is 1. The highest BCUT2D eigenvalue weighted by molar-refractivity contribution is 7.15. The van der Waals surface area contributed by atoms with Gasteiger partial charge in [-0.3, -0.25) is 10.1 Å². The van der Waals surface area contributed by atoms with Gasteiger partial charge in [0, 0.05) is 12.5 Å². The van der Waals surface area contributed by atoms with Crippen molar-refractivity contribution < 1.29 is 19.0 Å². The normalized spacial score (nSPS) is 10.8. The van der Waals surface area contributed by atoms with Crippen LogP contribution in [0, 0.1) is 0 Å². The summed E-state index contributed by atoms with van der Waals surface area (Å²) in [6, 6.07) is 3.53. The highest BCUT2D eigenvalue weighted by atomic mass is 32.1. The van der Waals surface area contributed by atoms with Crippen LogP contribution in [0.2, 0.25) is 0 Å². The summed E-state index contributed by atoms with van der Waals surface area (Å²) >= 11 is 1.41. The third kappa shape index (κ3) is 5.96. The van der Waals surface area contributed by atoms with Crippen molar-refractivity contribution in [1.82, 2.24) is 10.2 Å². The first kappa shape index (κ1) is 20.7. The molecule has 2 rings (SSSR count). The molecule has 0 unspecified atom stereocenters. The molecular formula is C19H25N3O4S. The Morgan fingerprint density at radius 2 is 1.81 bits per heavy atom. The van der Waals surface area contributed by atoms with E-state index in [-0.39, 0.29) is 5.91 Å². The molecule has 0 radical (unpaired) electrons. The Labute approximate surface area is 163 Å². The van der Waals surface area contributed by atoms with Gasteiger partial charge in [0.15, 0.2) is 11.5 Å². The number of unbranched alkanes of at least 4 members (excludes halogenated alkanes) is 2. The maximum atomic E-state index is 12.1. The predicted molar refractivity (Wildman–Crippen MR) is 107 cm³/mol. The Bertz CT molecular complexity index is 764. The summed E-state index contributed by atoms with van der Waals surface area (Å²) in [6.45, 7) is 2.16. The van der Waals surface area contributed by atoms with Gasteiger partial charge >= 0.3 is 0 Å². The summed E-state index contributed by atoms with van der Waals surface area (Å²) in [5, 5.41) is 12.3. The lowest BCUT2D eigenvalue weighted by Crippen LogP contribution is -2.07. The number of methoxy groups -OCH3 is 3. The van der Waals surface area contributed by atoms with Gasteiger partial charge in [0.05, 0.1) is 21.3 Å². The summed E-state index contributed by atoms with van der Waals surface area (Å²) in [5.74, 6) is 1.28. The molecule has 0 aliphatic heterocycles. The molecule has 0 fully saturated rings. The zero-order chi connectivity index (χ0) is 19.6. The molecule has 0 aliphatic carbocycles. The second-order valence-corrected chi connectivity index (χ2v) is 6.80. The van der Waals surface area contributed by atoms with Crippen molar-refractivity contribution in [2.24, 2.45) is 0 Å². The molecule has 2 aromatic rings. The number of carbonyl (C=O) groups is 1. The van der Waals surface area contributed by atoms with Crippen molar-refractivity contribution in [2.45, 2.75) is 32.6 Å². The zero-order valence-electron chi connectivity index (χ0n) is 16.1. The van der Waals surface area contributed by atoms with Crippen LogP contribution in [-0.4, -0.2) is 37.4 Å². The van der Waals surface area contributed by atoms with E-state index in [2.05, 4.69) is 22.4 Å². The van der Waals surface area contributed by atoms with Gasteiger partial charge in [-0.2, -0.15) is 0 Å². The molecule has 1 N–H and O–H groups in total. The van der Waals surface area contributed by atoms with Gasteiger partial charge in [-0.25, -0.2) is 0 Å². The highest BCUT2D eigenvalue weighted by Crippen LogP contribution is 2.38. The van der Waals surface area contributed by atoms with E-state index in [0.717, 1.165) is 29.8 Å². The van der Waals surface area contributed by atoms with E-state index < -0.39 is 0 Å². The number of hydrogen-bond donors (Lipinski definition) is 1. The number of ether oxygens (including phenoxy) is 3. The highest BCUT2D eigenvalue weighted by Gasteiger charge is 2.12. The fraction of sp³-hybridized carbons (Fsp3) is 0.421. The molecule has 1 amide bonds. The van der Waals surface area contributed by atoms with Crippen LogP contribution in [0.15, 0.2) is 18.2 Å². The van der Waals surface area contributed by atoms with E-state index in [1.165, 1.54) is 23.8 Å². The van der Waals surface area contributed by atoms with Gasteiger partial charge in [0.1, 0.15) is 5.01 Å². The number of aryl methyl sites for hydroxylation is 1. The predicted octanol–water partition coefficient (Wildman–Crippen LogP) is 3.95. The molecular weight excluding hydrogens is 366 g/mol. The van der Waals surface area contributed by atoms with Crippen LogP contribution in [-0.2, 0) is 11.2 Å². The smallest absolute Gasteiger partial charge is 0.250 e. The van der Waals surface area contributed by atoms with Gasteiger partial charge < -0.3 is 14.2 Å². The largest absolute Gasteiger partial charge is 0.493 e. The minimum absolute atomic E-state index is 0.278. The second kappa shape index (κ2) is 10.5. The van der Waals surface area contributed by atoms with Crippen molar-refractivity contribution in [2.75, 3.05) is 26.6 Å². The number of aromatic nitrogens is 2. The lowest BCUT2D eigenvalue weighted by Gasteiger charge is -2.12. The molecule has 8 heteroatoms. The topological polar surface area (TPSA) is 82.6 Å².